The molecule has 2 aliphatic carbocycles. The van der Waals surface area contributed by atoms with Crippen LogP contribution < -0.4 is 5.32 Å². The van der Waals surface area contributed by atoms with Crippen molar-refractivity contribution in [3.05, 3.63) is 0 Å². The second-order valence-electron chi connectivity index (χ2n) is 7.51. The van der Waals surface area contributed by atoms with Crippen molar-refractivity contribution in [2.75, 3.05) is 13.6 Å². The van der Waals surface area contributed by atoms with Crippen molar-refractivity contribution in [3.63, 3.8) is 0 Å². The Kier molecular flexibility index (Phi) is 4.38. The summed E-state index contributed by atoms with van der Waals surface area (Å²) in [7, 11) is 2.15. The Morgan fingerprint density at radius 2 is 1.89 bits per heavy atom. The van der Waals surface area contributed by atoms with Crippen LogP contribution in [0.15, 0.2) is 0 Å². The summed E-state index contributed by atoms with van der Waals surface area (Å²) >= 11 is 0. The molecule has 0 amide bonds. The first kappa shape index (κ1) is 14.3. The van der Waals surface area contributed by atoms with E-state index in [1.807, 2.05) is 0 Å². The average Bonchev–Trinajstić information content (AvgIpc) is 3.05. The lowest BCUT2D eigenvalue weighted by molar-refractivity contribution is 0.134. The van der Waals surface area contributed by atoms with Gasteiger partial charge in [-0.15, -0.1) is 0 Å². The maximum Gasteiger partial charge on any atom is 0.0271 e. The van der Waals surface area contributed by atoms with Crippen LogP contribution in [0.3, 0.4) is 0 Å². The Hall–Kier alpha value is -0.0800. The van der Waals surface area contributed by atoms with E-state index in [1.165, 1.54) is 38.6 Å². The van der Waals surface area contributed by atoms with Crippen molar-refractivity contribution >= 4 is 0 Å². The van der Waals surface area contributed by atoms with Gasteiger partial charge in [-0.05, 0) is 57.0 Å². The van der Waals surface area contributed by atoms with Gasteiger partial charge in [0.1, 0.15) is 0 Å². The van der Waals surface area contributed by atoms with E-state index >= 15 is 0 Å². The molecule has 0 bridgehead atoms. The molecule has 2 fully saturated rings. The number of hydrogen-bond acceptors (Lipinski definition) is 2. The van der Waals surface area contributed by atoms with Gasteiger partial charge >= 0.3 is 0 Å². The van der Waals surface area contributed by atoms with Crippen LogP contribution in [0.1, 0.15) is 59.8 Å². The molecule has 2 unspecified atom stereocenters. The van der Waals surface area contributed by atoms with Gasteiger partial charge in [0.2, 0.25) is 0 Å². The first-order valence-corrected chi connectivity index (χ1v) is 7.88. The van der Waals surface area contributed by atoms with E-state index in [0.717, 1.165) is 18.0 Å². The fourth-order valence-corrected chi connectivity index (χ4v) is 3.74. The quantitative estimate of drug-likeness (QED) is 0.780. The zero-order chi connectivity index (χ0) is 13.3. The maximum absolute atomic E-state index is 3.61. The molecule has 1 N–H and O–H groups in total. The smallest absolute Gasteiger partial charge is 0.0271 e. The Bertz CT molecular complexity index is 268. The van der Waals surface area contributed by atoms with Gasteiger partial charge in [-0.3, -0.25) is 4.90 Å². The Labute approximate surface area is 114 Å². The molecular formula is C16H32N2. The van der Waals surface area contributed by atoms with Crippen LogP contribution in [-0.2, 0) is 0 Å². The normalized spacial score (nSPS) is 31.5. The third-order valence-corrected chi connectivity index (χ3v) is 5.03. The van der Waals surface area contributed by atoms with E-state index < -0.39 is 0 Å². The third kappa shape index (κ3) is 3.08. The van der Waals surface area contributed by atoms with Crippen LogP contribution in [0.25, 0.3) is 0 Å². The zero-order valence-corrected chi connectivity index (χ0v) is 13.0. The fraction of sp³-hybridized carbons (Fsp3) is 1.00. The molecule has 2 atom stereocenters. The van der Waals surface area contributed by atoms with Gasteiger partial charge < -0.3 is 5.32 Å². The molecule has 0 heterocycles. The monoisotopic (exact) mass is 252 g/mol. The Balaban J connectivity index is 2.01. The number of hydrogen-bond donors (Lipinski definition) is 1. The number of nitrogens with one attached hydrogen (secondary N) is 1. The minimum atomic E-state index is 0.463. The van der Waals surface area contributed by atoms with Crippen LogP contribution >= 0.6 is 0 Å². The molecule has 2 nitrogen and oxygen atoms in total. The van der Waals surface area contributed by atoms with Crippen LogP contribution in [0.5, 0.6) is 0 Å². The number of likely N-dealkylation sites (N-methyl/N-ethyl adjacent to an activating group) is 1. The van der Waals surface area contributed by atoms with Crippen LogP contribution in [0.4, 0.5) is 0 Å². The molecule has 0 saturated heterocycles. The summed E-state index contributed by atoms with van der Waals surface area (Å²) in [5.74, 6) is 0.827. The van der Waals surface area contributed by atoms with E-state index in [-0.39, 0.29) is 0 Å². The summed E-state index contributed by atoms with van der Waals surface area (Å²) in [4.78, 5) is 2.84. The molecule has 0 aliphatic heterocycles. The van der Waals surface area contributed by atoms with E-state index in [0.29, 0.717) is 11.5 Å². The summed E-state index contributed by atoms with van der Waals surface area (Å²) < 4.78 is 0. The Morgan fingerprint density at radius 1 is 1.22 bits per heavy atom. The lowest BCUT2D eigenvalue weighted by Gasteiger charge is -2.37. The first-order valence-electron chi connectivity index (χ1n) is 7.88. The van der Waals surface area contributed by atoms with Gasteiger partial charge in [-0.1, -0.05) is 27.7 Å². The Morgan fingerprint density at radius 3 is 2.39 bits per heavy atom. The predicted octanol–water partition coefficient (Wildman–Crippen LogP) is 3.27. The summed E-state index contributed by atoms with van der Waals surface area (Å²) in [6.07, 6.45) is 6.97. The van der Waals surface area contributed by atoms with Gasteiger partial charge in [0, 0.05) is 18.1 Å². The molecular weight excluding hydrogens is 220 g/mol. The van der Waals surface area contributed by atoms with E-state index in [9.17, 15) is 0 Å². The lowest BCUT2D eigenvalue weighted by atomic mass is 9.86. The predicted molar refractivity (Wildman–Crippen MR) is 78.8 cm³/mol. The highest BCUT2D eigenvalue weighted by Gasteiger charge is 2.46. The molecule has 2 heteroatoms. The van der Waals surface area contributed by atoms with Gasteiger partial charge in [0.15, 0.2) is 0 Å². The number of rotatable bonds is 6. The molecule has 18 heavy (non-hydrogen) atoms. The van der Waals surface area contributed by atoms with Crippen molar-refractivity contribution in [3.8, 4) is 0 Å². The molecule has 0 spiro atoms. The van der Waals surface area contributed by atoms with Crippen molar-refractivity contribution < 1.29 is 0 Å². The van der Waals surface area contributed by atoms with Crippen LogP contribution in [0, 0.1) is 11.3 Å². The fourth-order valence-electron chi connectivity index (χ4n) is 3.74. The molecule has 106 valence electrons. The SMILES string of the molecule is CNC1C(N(CCC(C)C)C2CC2)CCC1(C)C. The summed E-state index contributed by atoms with van der Waals surface area (Å²) in [5.41, 5.74) is 0.463. The molecule has 2 saturated carbocycles. The molecule has 0 aromatic heterocycles. The van der Waals surface area contributed by atoms with Crippen molar-refractivity contribution in [1.82, 2.24) is 10.2 Å². The van der Waals surface area contributed by atoms with Crippen molar-refractivity contribution in [2.45, 2.75) is 77.9 Å². The molecule has 2 aliphatic rings. The average molecular weight is 252 g/mol. The standard InChI is InChI=1S/C16H32N2/c1-12(2)9-11-18(13-6-7-13)14-8-10-16(3,4)15(14)17-5/h12-15,17H,6-11H2,1-5H3. The highest BCUT2D eigenvalue weighted by atomic mass is 15.2. The van der Waals surface area contributed by atoms with Gasteiger partial charge in [-0.25, -0.2) is 0 Å². The van der Waals surface area contributed by atoms with E-state index in [2.05, 4.69) is 45.0 Å². The summed E-state index contributed by atoms with van der Waals surface area (Å²) in [6.45, 7) is 10.9. The van der Waals surface area contributed by atoms with E-state index in [4.69, 9.17) is 0 Å². The second kappa shape index (κ2) is 5.50. The largest absolute Gasteiger partial charge is 0.315 e. The van der Waals surface area contributed by atoms with Gasteiger partial charge in [-0.2, -0.15) is 0 Å². The number of nitrogens with zero attached hydrogens (tertiary/aromatic N) is 1. The van der Waals surface area contributed by atoms with Crippen molar-refractivity contribution in [2.24, 2.45) is 11.3 Å². The molecule has 0 radical (unpaired) electrons. The van der Waals surface area contributed by atoms with Crippen LogP contribution in [-0.4, -0.2) is 36.6 Å². The minimum Gasteiger partial charge on any atom is -0.315 e. The van der Waals surface area contributed by atoms with E-state index in [1.54, 1.807) is 0 Å². The minimum absolute atomic E-state index is 0.463. The molecule has 0 aromatic carbocycles. The first-order chi connectivity index (χ1) is 8.45. The van der Waals surface area contributed by atoms with Gasteiger partial charge in [0.05, 0.1) is 0 Å². The summed E-state index contributed by atoms with van der Waals surface area (Å²) in [5, 5.41) is 3.61. The van der Waals surface area contributed by atoms with Crippen LogP contribution in [0.2, 0.25) is 0 Å². The summed E-state index contributed by atoms with van der Waals surface area (Å²) in [6, 6.07) is 2.35. The highest BCUT2D eigenvalue weighted by Crippen LogP contribution is 2.43. The zero-order valence-electron chi connectivity index (χ0n) is 13.0. The second-order valence-corrected chi connectivity index (χ2v) is 7.51. The maximum atomic E-state index is 3.61. The lowest BCUT2D eigenvalue weighted by Crippen LogP contribution is -2.51. The topological polar surface area (TPSA) is 15.3 Å². The highest BCUT2D eigenvalue weighted by molar-refractivity contribution is 5.03. The third-order valence-electron chi connectivity index (χ3n) is 5.03. The van der Waals surface area contributed by atoms with Crippen molar-refractivity contribution in [1.29, 1.82) is 0 Å². The molecule has 0 aromatic rings. The van der Waals surface area contributed by atoms with Gasteiger partial charge in [0.25, 0.3) is 0 Å². The molecule has 2 rings (SSSR count).